The van der Waals surface area contributed by atoms with Gasteiger partial charge in [-0.05, 0) is 44.4 Å². The lowest BCUT2D eigenvalue weighted by atomic mass is 9.95. The number of carbonyl (C=O) groups is 1. The predicted molar refractivity (Wildman–Crippen MR) is 82.8 cm³/mol. The molecule has 21 heavy (non-hydrogen) atoms. The van der Waals surface area contributed by atoms with Crippen LogP contribution < -0.4 is 0 Å². The van der Waals surface area contributed by atoms with Gasteiger partial charge in [0.05, 0.1) is 0 Å². The number of aryl methyl sites for hydroxylation is 1. The number of piperidine rings is 1. The molecule has 0 spiro atoms. The van der Waals surface area contributed by atoms with Crippen LogP contribution in [-0.2, 0) is 11.3 Å². The first-order chi connectivity index (χ1) is 10.2. The van der Waals surface area contributed by atoms with Crippen molar-refractivity contribution in [2.75, 3.05) is 13.1 Å². The normalized spacial score (nSPS) is 21.1. The Morgan fingerprint density at radius 1 is 1.19 bits per heavy atom. The van der Waals surface area contributed by atoms with Crippen LogP contribution >= 0.6 is 0 Å². The zero-order valence-corrected chi connectivity index (χ0v) is 13.1. The van der Waals surface area contributed by atoms with Gasteiger partial charge in [0.15, 0.2) is 0 Å². The molecule has 0 N–H and O–H groups in total. The molecule has 0 radical (unpaired) electrons. The maximum absolute atomic E-state index is 12.3. The van der Waals surface area contributed by atoms with E-state index < -0.39 is 0 Å². The van der Waals surface area contributed by atoms with Crippen LogP contribution in [0.2, 0.25) is 0 Å². The topological polar surface area (TPSA) is 38.1 Å². The van der Waals surface area contributed by atoms with Gasteiger partial charge in [0.1, 0.15) is 5.82 Å². The highest BCUT2D eigenvalue weighted by Gasteiger charge is 2.26. The lowest BCUT2D eigenvalue weighted by Crippen LogP contribution is -2.39. The molecule has 0 aromatic carbocycles. The minimum atomic E-state index is 0.402. The molecule has 0 unspecified atom stereocenters. The standard InChI is InChI=1S/C17H27N3O/c1-14-18-8-11-20(14)13-16-6-9-19(10-7-16)17(21)12-15-4-2-3-5-15/h8,11,15-16H,2-7,9-10,12-13H2,1H3. The van der Waals surface area contributed by atoms with Crippen molar-refractivity contribution in [1.29, 1.82) is 0 Å². The van der Waals surface area contributed by atoms with Crippen LogP contribution in [0.4, 0.5) is 0 Å². The molecule has 1 aliphatic heterocycles. The van der Waals surface area contributed by atoms with Crippen LogP contribution in [-0.4, -0.2) is 33.4 Å². The second-order valence-electron chi connectivity index (χ2n) is 6.81. The van der Waals surface area contributed by atoms with Gasteiger partial charge in [0, 0.05) is 38.4 Å². The first-order valence-corrected chi connectivity index (χ1v) is 8.48. The van der Waals surface area contributed by atoms with Crippen molar-refractivity contribution in [2.45, 2.75) is 58.4 Å². The number of nitrogens with zero attached hydrogens (tertiary/aromatic N) is 3. The maximum atomic E-state index is 12.3. The molecule has 3 rings (SSSR count). The van der Waals surface area contributed by atoms with Crippen LogP contribution in [0.3, 0.4) is 0 Å². The fourth-order valence-corrected chi connectivity index (χ4v) is 3.83. The highest BCUT2D eigenvalue weighted by molar-refractivity contribution is 5.76. The van der Waals surface area contributed by atoms with E-state index in [9.17, 15) is 4.79 Å². The Morgan fingerprint density at radius 3 is 2.52 bits per heavy atom. The van der Waals surface area contributed by atoms with Crippen molar-refractivity contribution in [1.82, 2.24) is 14.5 Å². The van der Waals surface area contributed by atoms with Gasteiger partial charge in [-0.3, -0.25) is 4.79 Å². The number of likely N-dealkylation sites (tertiary alicyclic amines) is 1. The van der Waals surface area contributed by atoms with Crippen LogP contribution in [0.25, 0.3) is 0 Å². The quantitative estimate of drug-likeness (QED) is 0.854. The molecule has 4 nitrogen and oxygen atoms in total. The van der Waals surface area contributed by atoms with Crippen molar-refractivity contribution < 1.29 is 4.79 Å². The first-order valence-electron chi connectivity index (χ1n) is 8.48. The summed E-state index contributed by atoms with van der Waals surface area (Å²) in [4.78, 5) is 18.7. The van der Waals surface area contributed by atoms with Crippen molar-refractivity contribution in [2.24, 2.45) is 11.8 Å². The number of hydrogen-bond donors (Lipinski definition) is 0. The summed E-state index contributed by atoms with van der Waals surface area (Å²) in [6, 6.07) is 0. The number of carbonyl (C=O) groups excluding carboxylic acids is 1. The first kappa shape index (κ1) is 14.6. The molecule has 116 valence electrons. The fourth-order valence-electron chi connectivity index (χ4n) is 3.83. The average Bonchev–Trinajstić information content (AvgIpc) is 3.12. The van der Waals surface area contributed by atoms with E-state index in [4.69, 9.17) is 0 Å². The number of hydrogen-bond acceptors (Lipinski definition) is 2. The maximum Gasteiger partial charge on any atom is 0.222 e. The zero-order chi connectivity index (χ0) is 14.7. The van der Waals surface area contributed by atoms with Gasteiger partial charge in [-0.25, -0.2) is 4.98 Å². The summed E-state index contributed by atoms with van der Waals surface area (Å²) in [6.07, 6.45) is 12.2. The Hall–Kier alpha value is -1.32. The number of aromatic nitrogens is 2. The third-order valence-corrected chi connectivity index (χ3v) is 5.28. The summed E-state index contributed by atoms with van der Waals surface area (Å²) in [5.74, 6) is 2.85. The lowest BCUT2D eigenvalue weighted by molar-refractivity contribution is -0.133. The lowest BCUT2D eigenvalue weighted by Gasteiger charge is -2.33. The van der Waals surface area contributed by atoms with E-state index in [0.717, 1.165) is 44.7 Å². The van der Waals surface area contributed by atoms with Crippen LogP contribution in [0.5, 0.6) is 0 Å². The van der Waals surface area contributed by atoms with Gasteiger partial charge < -0.3 is 9.47 Å². The SMILES string of the molecule is Cc1nccn1CC1CCN(C(=O)CC2CCCC2)CC1. The fraction of sp³-hybridized carbons (Fsp3) is 0.765. The van der Waals surface area contributed by atoms with E-state index in [2.05, 4.69) is 27.6 Å². The van der Waals surface area contributed by atoms with Gasteiger partial charge in [-0.1, -0.05) is 12.8 Å². The third kappa shape index (κ3) is 3.66. The van der Waals surface area contributed by atoms with Crippen LogP contribution in [0.15, 0.2) is 12.4 Å². The summed E-state index contributed by atoms with van der Waals surface area (Å²) < 4.78 is 2.24. The molecule has 1 amide bonds. The predicted octanol–water partition coefficient (Wildman–Crippen LogP) is 3.01. The molecule has 1 saturated heterocycles. The number of imidazole rings is 1. The minimum Gasteiger partial charge on any atom is -0.343 e. The van der Waals surface area contributed by atoms with Crippen molar-refractivity contribution >= 4 is 5.91 Å². The molecule has 0 atom stereocenters. The van der Waals surface area contributed by atoms with E-state index in [1.54, 1.807) is 0 Å². The second kappa shape index (κ2) is 6.63. The zero-order valence-electron chi connectivity index (χ0n) is 13.1. The summed E-state index contributed by atoms with van der Waals surface area (Å²) in [5.41, 5.74) is 0. The molecule has 1 aliphatic carbocycles. The summed E-state index contributed by atoms with van der Waals surface area (Å²) in [5, 5.41) is 0. The van der Waals surface area contributed by atoms with E-state index in [0.29, 0.717) is 17.7 Å². The van der Waals surface area contributed by atoms with Crippen LogP contribution in [0.1, 0.15) is 50.8 Å². The molecule has 2 fully saturated rings. The molecular weight excluding hydrogens is 262 g/mol. The van der Waals surface area contributed by atoms with Gasteiger partial charge in [-0.2, -0.15) is 0 Å². The largest absolute Gasteiger partial charge is 0.343 e. The highest BCUT2D eigenvalue weighted by atomic mass is 16.2. The molecule has 4 heteroatoms. The molecule has 1 aromatic heterocycles. The molecule has 1 saturated carbocycles. The Kier molecular flexibility index (Phi) is 4.61. The van der Waals surface area contributed by atoms with E-state index in [1.165, 1.54) is 25.7 Å². The van der Waals surface area contributed by atoms with Crippen LogP contribution in [0, 0.1) is 18.8 Å². The van der Waals surface area contributed by atoms with Gasteiger partial charge >= 0.3 is 0 Å². The summed E-state index contributed by atoms with van der Waals surface area (Å²) >= 11 is 0. The van der Waals surface area contributed by atoms with Gasteiger partial charge in [0.2, 0.25) is 5.91 Å². The van der Waals surface area contributed by atoms with E-state index >= 15 is 0 Å². The Morgan fingerprint density at radius 2 is 1.90 bits per heavy atom. The molecule has 2 heterocycles. The van der Waals surface area contributed by atoms with Crippen molar-refractivity contribution in [3.63, 3.8) is 0 Å². The molecule has 2 aliphatic rings. The Balaban J connectivity index is 1.44. The highest BCUT2D eigenvalue weighted by Crippen LogP contribution is 2.29. The average molecular weight is 289 g/mol. The van der Waals surface area contributed by atoms with Gasteiger partial charge in [-0.15, -0.1) is 0 Å². The summed E-state index contributed by atoms with van der Waals surface area (Å²) in [7, 11) is 0. The van der Waals surface area contributed by atoms with Crippen molar-refractivity contribution in [3.05, 3.63) is 18.2 Å². The number of rotatable bonds is 4. The third-order valence-electron chi connectivity index (χ3n) is 5.28. The second-order valence-corrected chi connectivity index (χ2v) is 6.81. The molecule has 1 aromatic rings. The number of amides is 1. The van der Waals surface area contributed by atoms with E-state index in [-0.39, 0.29) is 0 Å². The molecular formula is C17H27N3O. The van der Waals surface area contributed by atoms with E-state index in [1.807, 2.05) is 6.20 Å². The van der Waals surface area contributed by atoms with Gasteiger partial charge in [0.25, 0.3) is 0 Å². The Bertz CT molecular complexity index is 468. The smallest absolute Gasteiger partial charge is 0.222 e. The monoisotopic (exact) mass is 289 g/mol. The Labute approximate surface area is 127 Å². The minimum absolute atomic E-state index is 0.402. The van der Waals surface area contributed by atoms with Crippen molar-refractivity contribution in [3.8, 4) is 0 Å². The molecule has 0 bridgehead atoms. The summed E-state index contributed by atoms with van der Waals surface area (Å²) in [6.45, 7) is 5.00.